The van der Waals surface area contributed by atoms with Gasteiger partial charge in [-0.3, -0.25) is 4.79 Å². The van der Waals surface area contributed by atoms with E-state index in [4.69, 9.17) is 16.3 Å². The lowest BCUT2D eigenvalue weighted by molar-refractivity contribution is 0.0838. The van der Waals surface area contributed by atoms with E-state index in [0.717, 1.165) is 5.69 Å². The van der Waals surface area contributed by atoms with Gasteiger partial charge in [-0.25, -0.2) is 4.98 Å². The Morgan fingerprint density at radius 2 is 2.25 bits per heavy atom. The molecule has 1 aromatic carbocycles. The molecule has 0 fully saturated rings. The Morgan fingerprint density at radius 3 is 3.00 bits per heavy atom. The fraction of sp³-hybridized carbons (Fsp3) is 0.333. The molecule has 2 heterocycles. The van der Waals surface area contributed by atoms with Gasteiger partial charge in [0.2, 0.25) is 0 Å². The van der Waals surface area contributed by atoms with Crippen molar-refractivity contribution in [2.45, 2.75) is 32.4 Å². The summed E-state index contributed by atoms with van der Waals surface area (Å²) in [4.78, 5) is 16.4. The fourth-order valence-corrected chi connectivity index (χ4v) is 2.63. The Kier molecular flexibility index (Phi) is 3.26. The predicted octanol–water partition coefficient (Wildman–Crippen LogP) is 3.82. The van der Waals surface area contributed by atoms with Crippen molar-refractivity contribution in [1.29, 1.82) is 0 Å². The minimum atomic E-state index is -0.291. The van der Waals surface area contributed by atoms with E-state index in [1.54, 1.807) is 30.7 Å². The Bertz CT molecular complexity index is 664. The number of ketones is 1. The van der Waals surface area contributed by atoms with E-state index in [1.807, 2.05) is 4.57 Å². The first kappa shape index (κ1) is 13.2. The Morgan fingerprint density at radius 1 is 1.45 bits per heavy atom. The molecule has 3 rings (SSSR count). The number of benzene rings is 1. The molecule has 0 saturated carbocycles. The van der Waals surface area contributed by atoms with Crippen molar-refractivity contribution in [2.75, 3.05) is 0 Å². The van der Waals surface area contributed by atoms with Crippen molar-refractivity contribution < 1.29 is 9.53 Å². The number of carbonyl (C=O) groups excluding carboxylic acids is 1. The standard InChI is InChI=1S/C15H15ClN2O2/c1-9(2)18-8-17-7-12(18)15-6-13(19)11-5-10(16)3-4-14(11)20-15/h3-5,7-9,15H,6H2,1-2H3. The van der Waals surface area contributed by atoms with Crippen LogP contribution in [0.2, 0.25) is 5.02 Å². The number of nitrogens with zero attached hydrogens (tertiary/aromatic N) is 2. The summed E-state index contributed by atoms with van der Waals surface area (Å²) in [5.41, 5.74) is 1.48. The van der Waals surface area contributed by atoms with Crippen LogP contribution in [0.25, 0.3) is 0 Å². The van der Waals surface area contributed by atoms with Crippen LogP contribution in [0, 0.1) is 0 Å². The van der Waals surface area contributed by atoms with Gasteiger partial charge in [-0.05, 0) is 32.0 Å². The van der Waals surface area contributed by atoms with E-state index in [0.29, 0.717) is 22.8 Å². The maximum Gasteiger partial charge on any atom is 0.170 e. The molecule has 0 N–H and O–H groups in total. The topological polar surface area (TPSA) is 44.1 Å². The normalized spacial score (nSPS) is 18.0. The third kappa shape index (κ3) is 2.20. The van der Waals surface area contributed by atoms with Gasteiger partial charge >= 0.3 is 0 Å². The monoisotopic (exact) mass is 290 g/mol. The van der Waals surface area contributed by atoms with Crippen molar-refractivity contribution in [2.24, 2.45) is 0 Å². The van der Waals surface area contributed by atoms with Crippen LogP contribution in [-0.4, -0.2) is 15.3 Å². The summed E-state index contributed by atoms with van der Waals surface area (Å²) in [6.45, 7) is 4.15. The van der Waals surface area contributed by atoms with Gasteiger partial charge in [0.05, 0.1) is 30.2 Å². The molecule has 0 spiro atoms. The second kappa shape index (κ2) is 4.94. The number of imidazole rings is 1. The van der Waals surface area contributed by atoms with Crippen molar-refractivity contribution in [3.63, 3.8) is 0 Å². The number of Topliss-reactive ketones (excluding diaryl/α,β-unsaturated/α-hetero) is 1. The van der Waals surface area contributed by atoms with Gasteiger partial charge in [-0.15, -0.1) is 0 Å². The third-order valence-corrected chi connectivity index (χ3v) is 3.70. The molecular weight excluding hydrogens is 276 g/mol. The first-order valence-corrected chi connectivity index (χ1v) is 6.95. The highest BCUT2D eigenvalue weighted by Gasteiger charge is 2.30. The van der Waals surface area contributed by atoms with E-state index < -0.39 is 0 Å². The summed E-state index contributed by atoms with van der Waals surface area (Å²) in [7, 11) is 0. The lowest BCUT2D eigenvalue weighted by Crippen LogP contribution is -2.23. The number of hydrogen-bond acceptors (Lipinski definition) is 3. The van der Waals surface area contributed by atoms with Gasteiger partial charge in [0, 0.05) is 11.1 Å². The molecule has 20 heavy (non-hydrogen) atoms. The van der Waals surface area contributed by atoms with E-state index >= 15 is 0 Å². The Balaban J connectivity index is 1.97. The molecule has 1 aliphatic heterocycles. The van der Waals surface area contributed by atoms with Crippen LogP contribution in [0.5, 0.6) is 5.75 Å². The average molecular weight is 291 g/mol. The first-order valence-electron chi connectivity index (χ1n) is 6.57. The van der Waals surface area contributed by atoms with Crippen LogP contribution in [0.4, 0.5) is 0 Å². The second-order valence-corrected chi connectivity index (χ2v) is 5.63. The van der Waals surface area contributed by atoms with Crippen LogP contribution >= 0.6 is 11.6 Å². The smallest absolute Gasteiger partial charge is 0.170 e. The van der Waals surface area contributed by atoms with Crippen LogP contribution in [0.15, 0.2) is 30.7 Å². The van der Waals surface area contributed by atoms with Crippen LogP contribution in [-0.2, 0) is 0 Å². The zero-order chi connectivity index (χ0) is 14.3. The molecule has 0 radical (unpaired) electrons. The van der Waals surface area contributed by atoms with E-state index in [9.17, 15) is 4.79 Å². The number of hydrogen-bond donors (Lipinski definition) is 0. The number of fused-ring (bicyclic) bond motifs is 1. The molecule has 4 nitrogen and oxygen atoms in total. The summed E-state index contributed by atoms with van der Waals surface area (Å²) in [6, 6.07) is 5.42. The maximum absolute atomic E-state index is 12.3. The number of rotatable bonds is 2. The van der Waals surface area contributed by atoms with Gasteiger partial charge in [0.15, 0.2) is 5.78 Å². The number of halogens is 1. The summed E-state index contributed by atoms with van der Waals surface area (Å²) in [6.07, 6.45) is 3.55. The molecule has 0 amide bonds. The number of ether oxygens (including phenoxy) is 1. The molecule has 5 heteroatoms. The predicted molar refractivity (Wildman–Crippen MR) is 76.4 cm³/mol. The summed E-state index contributed by atoms with van der Waals surface area (Å²) in [5, 5.41) is 0.548. The lowest BCUT2D eigenvalue weighted by atomic mass is 9.99. The van der Waals surface area contributed by atoms with Gasteiger partial charge in [-0.1, -0.05) is 11.6 Å². The third-order valence-electron chi connectivity index (χ3n) is 3.46. The molecule has 0 aliphatic carbocycles. The van der Waals surface area contributed by atoms with Crippen molar-refractivity contribution in [3.8, 4) is 5.75 Å². The largest absolute Gasteiger partial charge is 0.483 e. The van der Waals surface area contributed by atoms with Crippen molar-refractivity contribution in [3.05, 3.63) is 47.0 Å². The summed E-state index contributed by atoms with van der Waals surface area (Å²) in [5.74, 6) is 0.641. The highest BCUT2D eigenvalue weighted by atomic mass is 35.5. The van der Waals surface area contributed by atoms with Crippen molar-refractivity contribution in [1.82, 2.24) is 9.55 Å². The van der Waals surface area contributed by atoms with Gasteiger partial charge < -0.3 is 9.30 Å². The SMILES string of the molecule is CC(C)n1cncc1C1CC(=O)c2cc(Cl)ccc2O1. The Hall–Kier alpha value is -1.81. The Labute approximate surface area is 122 Å². The molecule has 104 valence electrons. The molecule has 0 bridgehead atoms. The van der Waals surface area contributed by atoms with Gasteiger partial charge in [0.1, 0.15) is 11.9 Å². The van der Waals surface area contributed by atoms with E-state index in [2.05, 4.69) is 18.8 Å². The van der Waals surface area contributed by atoms with Gasteiger partial charge in [0.25, 0.3) is 0 Å². The molecule has 1 unspecified atom stereocenters. The van der Waals surface area contributed by atoms with Crippen LogP contribution in [0.1, 0.15) is 48.5 Å². The number of carbonyl (C=O) groups is 1. The van der Waals surface area contributed by atoms with Crippen LogP contribution in [0.3, 0.4) is 0 Å². The quantitative estimate of drug-likeness (QED) is 0.844. The summed E-state index contributed by atoms with van der Waals surface area (Å²) < 4.78 is 7.98. The minimum absolute atomic E-state index is 0.0512. The lowest BCUT2D eigenvalue weighted by Gasteiger charge is -2.26. The maximum atomic E-state index is 12.3. The van der Waals surface area contributed by atoms with Crippen LogP contribution < -0.4 is 4.74 Å². The first-order chi connectivity index (χ1) is 9.56. The zero-order valence-corrected chi connectivity index (χ0v) is 12.1. The highest BCUT2D eigenvalue weighted by Crippen LogP contribution is 2.36. The average Bonchev–Trinajstić information content (AvgIpc) is 2.89. The minimum Gasteiger partial charge on any atom is -0.483 e. The van der Waals surface area contributed by atoms with Gasteiger partial charge in [-0.2, -0.15) is 0 Å². The molecular formula is C15H15ClN2O2. The molecule has 1 atom stereocenters. The molecule has 0 saturated heterocycles. The molecule has 1 aromatic heterocycles. The molecule has 2 aromatic rings. The second-order valence-electron chi connectivity index (χ2n) is 5.19. The van der Waals surface area contributed by atoms with E-state index in [-0.39, 0.29) is 17.9 Å². The summed E-state index contributed by atoms with van der Waals surface area (Å²) >= 11 is 5.92. The fourth-order valence-electron chi connectivity index (χ4n) is 2.46. The number of aromatic nitrogens is 2. The molecule has 1 aliphatic rings. The highest BCUT2D eigenvalue weighted by molar-refractivity contribution is 6.31. The van der Waals surface area contributed by atoms with E-state index in [1.165, 1.54) is 0 Å². The zero-order valence-electron chi connectivity index (χ0n) is 11.3. The van der Waals surface area contributed by atoms with Crippen molar-refractivity contribution >= 4 is 17.4 Å².